The van der Waals surface area contributed by atoms with Gasteiger partial charge < -0.3 is 11.1 Å². The number of halogens is 1. The first-order valence-electron chi connectivity index (χ1n) is 6.00. The van der Waals surface area contributed by atoms with Gasteiger partial charge in [-0.1, -0.05) is 30.9 Å². The number of carbonyl (C=O) groups excluding carboxylic acids is 1. The van der Waals surface area contributed by atoms with Gasteiger partial charge in [0.25, 0.3) is 5.91 Å². The molecular weight excluding hydrogens is 236 g/mol. The molecule has 1 aliphatic carbocycles. The van der Waals surface area contributed by atoms with Crippen molar-refractivity contribution < 1.29 is 4.79 Å². The van der Waals surface area contributed by atoms with E-state index in [9.17, 15) is 4.79 Å². The highest BCUT2D eigenvalue weighted by atomic mass is 35.5. The predicted octanol–water partition coefficient (Wildman–Crippen LogP) is 2.84. The van der Waals surface area contributed by atoms with Crippen LogP contribution in [0.1, 0.15) is 36.0 Å². The molecule has 1 fully saturated rings. The zero-order chi connectivity index (χ0) is 12.3. The molecule has 17 heavy (non-hydrogen) atoms. The maximum absolute atomic E-state index is 11.8. The van der Waals surface area contributed by atoms with Gasteiger partial charge in [0.05, 0.1) is 10.7 Å². The van der Waals surface area contributed by atoms with E-state index in [0.717, 1.165) is 18.9 Å². The molecule has 0 heterocycles. The van der Waals surface area contributed by atoms with Gasteiger partial charge in [0.1, 0.15) is 0 Å². The largest absolute Gasteiger partial charge is 0.398 e. The van der Waals surface area contributed by atoms with Crippen molar-refractivity contribution in [3.63, 3.8) is 0 Å². The molecule has 1 aromatic carbocycles. The van der Waals surface area contributed by atoms with Crippen molar-refractivity contribution in [2.75, 3.05) is 12.3 Å². The molecule has 0 atom stereocenters. The van der Waals surface area contributed by atoms with E-state index < -0.39 is 0 Å². The Balaban J connectivity index is 1.83. The van der Waals surface area contributed by atoms with Gasteiger partial charge in [0.15, 0.2) is 0 Å². The molecule has 0 bridgehead atoms. The third-order valence-corrected chi connectivity index (χ3v) is 3.65. The van der Waals surface area contributed by atoms with Crippen molar-refractivity contribution in [2.45, 2.75) is 25.7 Å². The second-order valence-corrected chi connectivity index (χ2v) is 4.98. The summed E-state index contributed by atoms with van der Waals surface area (Å²) in [4.78, 5) is 11.8. The van der Waals surface area contributed by atoms with Crippen molar-refractivity contribution in [1.29, 1.82) is 0 Å². The van der Waals surface area contributed by atoms with Crippen LogP contribution in [0.3, 0.4) is 0 Å². The number of benzene rings is 1. The van der Waals surface area contributed by atoms with Crippen LogP contribution in [0.2, 0.25) is 5.02 Å². The molecule has 1 saturated carbocycles. The standard InChI is InChI=1S/C13H17ClN2O/c14-11-8-10(4-5-12(11)15)13(17)16-7-6-9-2-1-3-9/h4-5,8-9H,1-3,6-7,15H2,(H,16,17). The highest BCUT2D eigenvalue weighted by Crippen LogP contribution is 2.28. The summed E-state index contributed by atoms with van der Waals surface area (Å²) in [6.45, 7) is 0.742. The topological polar surface area (TPSA) is 55.1 Å². The molecule has 3 N–H and O–H groups in total. The fraction of sp³-hybridized carbons (Fsp3) is 0.462. The molecule has 1 aromatic rings. The number of nitrogens with two attached hydrogens (primary N) is 1. The van der Waals surface area contributed by atoms with E-state index in [4.69, 9.17) is 17.3 Å². The smallest absolute Gasteiger partial charge is 0.251 e. The molecule has 2 rings (SSSR count). The lowest BCUT2D eigenvalue weighted by atomic mass is 9.83. The summed E-state index contributed by atoms with van der Waals surface area (Å²) in [5, 5.41) is 3.33. The van der Waals surface area contributed by atoms with Gasteiger partial charge in [0.2, 0.25) is 0 Å². The molecule has 0 radical (unpaired) electrons. The lowest BCUT2D eigenvalue weighted by molar-refractivity contribution is 0.0949. The summed E-state index contributed by atoms with van der Waals surface area (Å²) in [5.41, 5.74) is 6.66. The van der Waals surface area contributed by atoms with Gasteiger partial charge in [0, 0.05) is 12.1 Å². The van der Waals surface area contributed by atoms with Crippen molar-refractivity contribution in [3.05, 3.63) is 28.8 Å². The van der Waals surface area contributed by atoms with Crippen LogP contribution in [0.15, 0.2) is 18.2 Å². The predicted molar refractivity (Wildman–Crippen MR) is 70.2 cm³/mol. The molecule has 4 heteroatoms. The van der Waals surface area contributed by atoms with Crippen molar-refractivity contribution >= 4 is 23.2 Å². The lowest BCUT2D eigenvalue weighted by Gasteiger charge is -2.25. The third-order valence-electron chi connectivity index (χ3n) is 3.33. The maximum atomic E-state index is 11.8. The van der Waals surface area contributed by atoms with E-state index in [0.29, 0.717) is 16.3 Å². The van der Waals surface area contributed by atoms with Crippen LogP contribution in [0, 0.1) is 5.92 Å². The zero-order valence-electron chi connectivity index (χ0n) is 9.71. The van der Waals surface area contributed by atoms with Crippen LogP contribution in [0.4, 0.5) is 5.69 Å². The Kier molecular flexibility index (Phi) is 3.89. The van der Waals surface area contributed by atoms with Gasteiger partial charge in [-0.15, -0.1) is 0 Å². The molecule has 0 unspecified atom stereocenters. The minimum Gasteiger partial charge on any atom is -0.398 e. The van der Waals surface area contributed by atoms with Gasteiger partial charge in [-0.3, -0.25) is 4.79 Å². The van der Waals surface area contributed by atoms with E-state index >= 15 is 0 Å². The Labute approximate surface area is 106 Å². The SMILES string of the molecule is Nc1ccc(C(=O)NCCC2CCC2)cc1Cl. The average Bonchev–Trinajstić information content (AvgIpc) is 2.25. The highest BCUT2D eigenvalue weighted by Gasteiger charge is 2.17. The molecule has 1 aliphatic rings. The molecule has 0 aromatic heterocycles. The zero-order valence-corrected chi connectivity index (χ0v) is 10.5. The number of anilines is 1. The summed E-state index contributed by atoms with van der Waals surface area (Å²) in [5.74, 6) is 0.733. The molecule has 1 amide bonds. The normalized spacial score (nSPS) is 15.4. The first kappa shape index (κ1) is 12.2. The number of carbonyl (C=O) groups is 1. The summed E-state index contributed by atoms with van der Waals surface area (Å²) in [6.07, 6.45) is 5.04. The number of rotatable bonds is 4. The Morgan fingerprint density at radius 3 is 2.82 bits per heavy atom. The Bertz CT molecular complexity index is 416. The van der Waals surface area contributed by atoms with Crippen LogP contribution in [0.5, 0.6) is 0 Å². The van der Waals surface area contributed by atoms with E-state index in [-0.39, 0.29) is 5.91 Å². The molecule has 0 saturated heterocycles. The first-order valence-corrected chi connectivity index (χ1v) is 6.38. The van der Waals surface area contributed by atoms with Crippen molar-refractivity contribution in [3.8, 4) is 0 Å². The summed E-state index contributed by atoms with van der Waals surface area (Å²) in [7, 11) is 0. The minimum atomic E-state index is -0.0776. The Hall–Kier alpha value is -1.22. The molecular formula is C13H17ClN2O. The third kappa shape index (κ3) is 3.13. The fourth-order valence-electron chi connectivity index (χ4n) is 1.94. The van der Waals surface area contributed by atoms with Crippen LogP contribution >= 0.6 is 11.6 Å². The molecule has 3 nitrogen and oxygen atoms in total. The van der Waals surface area contributed by atoms with E-state index in [1.807, 2.05) is 0 Å². The van der Waals surface area contributed by atoms with Gasteiger partial charge >= 0.3 is 0 Å². The van der Waals surface area contributed by atoms with Crippen LogP contribution in [0.25, 0.3) is 0 Å². The van der Waals surface area contributed by atoms with Crippen LogP contribution < -0.4 is 11.1 Å². The molecule has 92 valence electrons. The van der Waals surface area contributed by atoms with Gasteiger partial charge in [-0.05, 0) is 30.5 Å². The summed E-state index contributed by atoms with van der Waals surface area (Å²) >= 11 is 5.87. The Morgan fingerprint density at radius 1 is 1.47 bits per heavy atom. The second kappa shape index (κ2) is 5.41. The number of nitrogens with one attached hydrogen (secondary N) is 1. The Morgan fingerprint density at radius 2 is 2.24 bits per heavy atom. The quantitative estimate of drug-likeness (QED) is 0.810. The number of nitrogen functional groups attached to an aromatic ring is 1. The first-order chi connectivity index (χ1) is 8.16. The number of hydrogen-bond donors (Lipinski definition) is 2. The monoisotopic (exact) mass is 252 g/mol. The van der Waals surface area contributed by atoms with Gasteiger partial charge in [-0.2, -0.15) is 0 Å². The van der Waals surface area contributed by atoms with Crippen molar-refractivity contribution in [2.24, 2.45) is 5.92 Å². The maximum Gasteiger partial charge on any atom is 0.251 e. The molecule has 0 aliphatic heterocycles. The molecule has 0 spiro atoms. The number of hydrogen-bond acceptors (Lipinski definition) is 2. The fourth-order valence-corrected chi connectivity index (χ4v) is 2.12. The summed E-state index contributed by atoms with van der Waals surface area (Å²) in [6, 6.07) is 4.96. The number of amides is 1. The van der Waals surface area contributed by atoms with Crippen LogP contribution in [-0.4, -0.2) is 12.5 Å². The van der Waals surface area contributed by atoms with Crippen molar-refractivity contribution in [1.82, 2.24) is 5.32 Å². The van der Waals surface area contributed by atoms with E-state index in [2.05, 4.69) is 5.32 Å². The van der Waals surface area contributed by atoms with E-state index in [1.165, 1.54) is 19.3 Å². The lowest BCUT2D eigenvalue weighted by Crippen LogP contribution is -2.27. The highest BCUT2D eigenvalue weighted by molar-refractivity contribution is 6.33. The second-order valence-electron chi connectivity index (χ2n) is 4.58. The van der Waals surface area contributed by atoms with Gasteiger partial charge in [-0.25, -0.2) is 0 Å². The average molecular weight is 253 g/mol. The minimum absolute atomic E-state index is 0.0776. The van der Waals surface area contributed by atoms with Crippen LogP contribution in [-0.2, 0) is 0 Å². The van der Waals surface area contributed by atoms with E-state index in [1.54, 1.807) is 18.2 Å². The summed E-state index contributed by atoms with van der Waals surface area (Å²) < 4.78 is 0.